The second-order valence-electron chi connectivity index (χ2n) is 6.79. The van der Waals surface area contributed by atoms with Crippen LogP contribution in [0.2, 0.25) is 5.02 Å². The van der Waals surface area contributed by atoms with Gasteiger partial charge >= 0.3 is 0 Å². The summed E-state index contributed by atoms with van der Waals surface area (Å²) in [4.78, 5) is 13.0. The van der Waals surface area contributed by atoms with Crippen LogP contribution < -0.4 is 9.75 Å². The Bertz CT molecular complexity index is 1140. The van der Waals surface area contributed by atoms with E-state index in [0.29, 0.717) is 33.3 Å². The highest BCUT2D eigenvalue weighted by Crippen LogP contribution is 2.30. The average molecular weight is 421 g/mol. The highest BCUT2D eigenvalue weighted by atomic mass is 35.5. The number of rotatable bonds is 5. The second kappa shape index (κ2) is 8.51. The van der Waals surface area contributed by atoms with E-state index in [4.69, 9.17) is 16.3 Å². The zero-order valence-electron chi connectivity index (χ0n) is 16.2. The van der Waals surface area contributed by atoms with Crippen molar-refractivity contribution in [2.24, 2.45) is 5.10 Å². The number of halogens is 2. The van der Waals surface area contributed by atoms with Crippen molar-refractivity contribution in [3.63, 3.8) is 0 Å². The highest BCUT2D eigenvalue weighted by molar-refractivity contribution is 6.33. The molecule has 0 radical (unpaired) electrons. The number of benzene rings is 3. The van der Waals surface area contributed by atoms with Gasteiger partial charge in [0.25, 0.3) is 5.91 Å². The fourth-order valence-electron chi connectivity index (χ4n) is 3.09. The first kappa shape index (κ1) is 19.9. The van der Waals surface area contributed by atoms with Crippen LogP contribution >= 0.6 is 11.6 Å². The number of anilines is 1. The van der Waals surface area contributed by atoms with Gasteiger partial charge in [0.05, 0.1) is 17.0 Å². The van der Waals surface area contributed by atoms with E-state index < -0.39 is 0 Å². The van der Waals surface area contributed by atoms with Crippen molar-refractivity contribution in [1.29, 1.82) is 0 Å². The predicted molar refractivity (Wildman–Crippen MR) is 117 cm³/mol. The van der Waals surface area contributed by atoms with Crippen LogP contribution in [0, 0.1) is 5.82 Å². The molecule has 3 aromatic carbocycles. The van der Waals surface area contributed by atoms with Crippen LogP contribution in [0.15, 0.2) is 83.5 Å². The average Bonchev–Trinajstić information content (AvgIpc) is 3.03. The van der Waals surface area contributed by atoms with Gasteiger partial charge in [-0.3, -0.25) is 4.79 Å². The predicted octanol–water partition coefficient (Wildman–Crippen LogP) is 5.86. The minimum atomic E-state index is -0.298. The zero-order valence-corrected chi connectivity index (χ0v) is 16.9. The Morgan fingerprint density at radius 3 is 2.53 bits per heavy atom. The minimum absolute atomic E-state index is 0.219. The highest BCUT2D eigenvalue weighted by Gasteiger charge is 2.28. The number of amides is 1. The van der Waals surface area contributed by atoms with Crippen LogP contribution in [-0.2, 0) is 11.4 Å². The van der Waals surface area contributed by atoms with E-state index in [0.717, 1.165) is 5.56 Å². The first-order valence-corrected chi connectivity index (χ1v) is 9.72. The van der Waals surface area contributed by atoms with Gasteiger partial charge in [-0.25, -0.2) is 4.39 Å². The number of hydrogen-bond acceptors (Lipinski definition) is 3. The van der Waals surface area contributed by atoms with Crippen molar-refractivity contribution in [1.82, 2.24) is 0 Å². The lowest BCUT2D eigenvalue weighted by Crippen LogP contribution is -2.21. The molecule has 1 aliphatic heterocycles. The van der Waals surface area contributed by atoms with Crippen LogP contribution in [0.5, 0.6) is 5.75 Å². The van der Waals surface area contributed by atoms with Crippen molar-refractivity contribution in [2.75, 3.05) is 5.01 Å². The van der Waals surface area contributed by atoms with Crippen molar-refractivity contribution < 1.29 is 13.9 Å². The number of carbonyl (C=O) groups is 1. The summed E-state index contributed by atoms with van der Waals surface area (Å²) < 4.78 is 19.0. The monoisotopic (exact) mass is 420 g/mol. The molecule has 0 fully saturated rings. The maximum atomic E-state index is 13.1. The number of ether oxygens (including phenoxy) is 1. The smallest absolute Gasteiger partial charge is 0.280 e. The molecule has 0 aliphatic carbocycles. The van der Waals surface area contributed by atoms with Gasteiger partial charge in [0.1, 0.15) is 18.2 Å². The lowest BCUT2D eigenvalue weighted by Gasteiger charge is -2.12. The Balaban J connectivity index is 1.61. The molecule has 0 unspecified atom stereocenters. The molecule has 0 atom stereocenters. The summed E-state index contributed by atoms with van der Waals surface area (Å²) in [6.45, 7) is 2.05. The fourth-order valence-corrected chi connectivity index (χ4v) is 3.27. The zero-order chi connectivity index (χ0) is 21.1. The number of hydrazone groups is 1. The van der Waals surface area contributed by atoms with Gasteiger partial charge < -0.3 is 4.74 Å². The van der Waals surface area contributed by atoms with Crippen molar-refractivity contribution in [3.05, 3.63) is 100 Å². The fraction of sp³-hybridized carbons (Fsp3) is 0.0833. The molecule has 1 amide bonds. The summed E-state index contributed by atoms with van der Waals surface area (Å²) in [6.07, 6.45) is 1.73. The third-order valence-corrected chi connectivity index (χ3v) is 4.88. The summed E-state index contributed by atoms with van der Waals surface area (Å²) in [5.41, 5.74) is 3.26. The van der Waals surface area contributed by atoms with E-state index in [9.17, 15) is 9.18 Å². The topological polar surface area (TPSA) is 41.9 Å². The molecule has 0 spiro atoms. The molecule has 0 saturated heterocycles. The number of nitrogens with zero attached hydrogens (tertiary/aromatic N) is 2. The molecule has 0 N–H and O–H groups in total. The van der Waals surface area contributed by atoms with E-state index in [2.05, 4.69) is 5.10 Å². The normalized spacial score (nSPS) is 14.9. The Hall–Kier alpha value is -3.44. The molecule has 0 bridgehead atoms. The van der Waals surface area contributed by atoms with E-state index in [1.807, 2.05) is 30.3 Å². The summed E-state index contributed by atoms with van der Waals surface area (Å²) in [7, 11) is 0. The molecule has 4 nitrogen and oxygen atoms in total. The van der Waals surface area contributed by atoms with E-state index in [-0.39, 0.29) is 18.3 Å². The maximum Gasteiger partial charge on any atom is 0.280 e. The lowest BCUT2D eigenvalue weighted by molar-refractivity contribution is -0.114. The molecule has 150 valence electrons. The quantitative estimate of drug-likeness (QED) is 0.485. The van der Waals surface area contributed by atoms with E-state index >= 15 is 0 Å². The van der Waals surface area contributed by atoms with Gasteiger partial charge in [-0.05, 0) is 61.0 Å². The standard InChI is InChI=1S/C24H18ClFN2O2/c1-16-22(24(29)28(27-16)21-5-3-2-4-6-21)14-18-13-19(25)9-12-23(18)30-15-17-7-10-20(26)11-8-17/h2-14H,15H2,1H3/b22-14+. The van der Waals surface area contributed by atoms with Gasteiger partial charge in [0.2, 0.25) is 0 Å². The van der Waals surface area contributed by atoms with Crippen LogP contribution in [-0.4, -0.2) is 11.6 Å². The number of para-hydroxylation sites is 1. The molecular weight excluding hydrogens is 403 g/mol. The molecule has 1 aliphatic rings. The van der Waals surface area contributed by atoms with Gasteiger partial charge in [0, 0.05) is 10.6 Å². The Labute approximate surface area is 178 Å². The van der Waals surface area contributed by atoms with Gasteiger partial charge in [-0.15, -0.1) is 0 Å². The first-order valence-electron chi connectivity index (χ1n) is 9.35. The Kier molecular flexibility index (Phi) is 5.63. The van der Waals surface area contributed by atoms with Crippen molar-refractivity contribution >= 4 is 35.0 Å². The first-order chi connectivity index (χ1) is 14.5. The maximum absolute atomic E-state index is 13.1. The number of hydrogen-bond donors (Lipinski definition) is 0. The van der Waals surface area contributed by atoms with Crippen LogP contribution in [0.1, 0.15) is 18.1 Å². The van der Waals surface area contributed by atoms with E-state index in [1.54, 1.807) is 43.3 Å². The third kappa shape index (κ3) is 4.26. The number of carbonyl (C=O) groups excluding carboxylic acids is 1. The molecule has 0 saturated carbocycles. The Morgan fingerprint density at radius 2 is 1.80 bits per heavy atom. The van der Waals surface area contributed by atoms with Gasteiger partial charge in [-0.1, -0.05) is 41.9 Å². The third-order valence-electron chi connectivity index (χ3n) is 4.64. The van der Waals surface area contributed by atoms with Gasteiger partial charge in [-0.2, -0.15) is 10.1 Å². The van der Waals surface area contributed by atoms with Gasteiger partial charge in [0.15, 0.2) is 0 Å². The van der Waals surface area contributed by atoms with Crippen LogP contribution in [0.25, 0.3) is 6.08 Å². The lowest BCUT2D eigenvalue weighted by atomic mass is 10.1. The Morgan fingerprint density at radius 1 is 1.07 bits per heavy atom. The molecule has 3 aromatic rings. The molecule has 0 aromatic heterocycles. The molecule has 4 rings (SSSR count). The van der Waals surface area contributed by atoms with Crippen molar-refractivity contribution in [3.8, 4) is 5.75 Å². The summed E-state index contributed by atoms with van der Waals surface area (Å²) in [5.74, 6) is 0.0475. The SMILES string of the molecule is CC1=NN(c2ccccc2)C(=O)/C1=C/c1cc(Cl)ccc1OCc1ccc(F)cc1. The molecule has 30 heavy (non-hydrogen) atoms. The second-order valence-corrected chi connectivity index (χ2v) is 7.23. The van der Waals surface area contributed by atoms with E-state index in [1.165, 1.54) is 17.1 Å². The molecule has 1 heterocycles. The van der Waals surface area contributed by atoms with Crippen molar-refractivity contribution in [2.45, 2.75) is 13.5 Å². The summed E-state index contributed by atoms with van der Waals surface area (Å²) in [5, 5.41) is 6.30. The molecule has 6 heteroatoms. The summed E-state index contributed by atoms with van der Waals surface area (Å²) in [6, 6.07) is 20.6. The largest absolute Gasteiger partial charge is 0.488 e. The minimum Gasteiger partial charge on any atom is -0.488 e. The molecular formula is C24H18ClFN2O2. The van der Waals surface area contributed by atoms with Crippen LogP contribution in [0.4, 0.5) is 10.1 Å². The summed E-state index contributed by atoms with van der Waals surface area (Å²) >= 11 is 6.18. The van der Waals surface area contributed by atoms with Crippen LogP contribution in [0.3, 0.4) is 0 Å².